The molecule has 0 saturated carbocycles. The smallest absolute Gasteiger partial charge is 0.418 e. The Morgan fingerprint density at radius 1 is 1.37 bits per heavy atom. The first kappa shape index (κ1) is 19.4. The van der Waals surface area contributed by atoms with Crippen molar-refractivity contribution in [2.45, 2.75) is 45.3 Å². The van der Waals surface area contributed by atoms with E-state index in [1.165, 1.54) is 0 Å². The summed E-state index contributed by atoms with van der Waals surface area (Å²) in [7, 11) is 0. The quantitative estimate of drug-likeness (QED) is 0.413. The number of rotatable bonds is 6. The van der Waals surface area contributed by atoms with Crippen molar-refractivity contribution < 1.29 is 39.1 Å². The molecule has 2 atom stereocenters. The molecule has 1 fully saturated rings. The van der Waals surface area contributed by atoms with Gasteiger partial charge in [0.15, 0.2) is 11.8 Å². The van der Waals surface area contributed by atoms with Gasteiger partial charge in [-0.1, -0.05) is 39.4 Å². The van der Waals surface area contributed by atoms with E-state index in [1.54, 1.807) is 11.8 Å². The number of carbonyl (C=O) groups is 2. The number of amides is 2. The van der Waals surface area contributed by atoms with E-state index in [1.807, 2.05) is 13.8 Å². The van der Waals surface area contributed by atoms with E-state index in [9.17, 15) is 9.59 Å². The zero-order valence-electron chi connectivity index (χ0n) is 12.0. The predicted octanol–water partition coefficient (Wildman–Crippen LogP) is -0.376. The Hall–Kier alpha value is 0.380. The number of thioether (sulfide) groups is 1. The Morgan fingerprint density at radius 2 is 2.00 bits per heavy atom. The number of carbonyl (C=O) groups excluding carboxylic acids is 2. The van der Waals surface area contributed by atoms with Crippen molar-refractivity contribution in [1.29, 1.82) is 0 Å². The molecule has 1 heterocycles. The van der Waals surface area contributed by atoms with Gasteiger partial charge >= 0.3 is 29.6 Å². The summed E-state index contributed by atoms with van der Waals surface area (Å²) in [5.74, 6) is 0.213. The Morgan fingerprint density at radius 3 is 2.42 bits per heavy atom. The van der Waals surface area contributed by atoms with Gasteiger partial charge in [0.05, 0.1) is 0 Å². The molecule has 0 aromatic rings. The molecule has 1 rings (SSSR count). The number of nitrogens with zero attached hydrogens (tertiary/aromatic N) is 1. The average molecular weight is 310 g/mol. The van der Waals surface area contributed by atoms with Crippen LogP contribution in [0.3, 0.4) is 0 Å². The van der Waals surface area contributed by atoms with E-state index < -0.39 is 5.41 Å². The molecule has 1 aliphatic heterocycles. The van der Waals surface area contributed by atoms with Crippen LogP contribution in [-0.2, 0) is 9.59 Å². The monoisotopic (exact) mass is 310 g/mol. The maximum atomic E-state index is 12.3. The number of nitrogens with one attached hydrogen (secondary N) is 1. The molecule has 4 nitrogen and oxygen atoms in total. The van der Waals surface area contributed by atoms with Crippen molar-refractivity contribution in [2.24, 2.45) is 5.41 Å². The molecular formula is C12H19N2NaO2S2. The van der Waals surface area contributed by atoms with Gasteiger partial charge in [0, 0.05) is 10.4 Å². The topological polar surface area (TPSA) is 60.3 Å². The predicted molar refractivity (Wildman–Crippen MR) is 78.7 cm³/mol. The second-order valence-electron chi connectivity index (χ2n) is 4.23. The first-order valence-corrected chi connectivity index (χ1v) is 7.71. The molecule has 0 bridgehead atoms. The van der Waals surface area contributed by atoms with Crippen molar-refractivity contribution in [3.05, 3.63) is 5.32 Å². The third kappa shape index (κ3) is 3.94. The molecule has 0 aromatic carbocycles. The summed E-state index contributed by atoms with van der Waals surface area (Å²) in [5.41, 5.74) is -1.04. The second-order valence-corrected chi connectivity index (χ2v) is 6.10. The molecule has 0 aromatic heterocycles. The summed E-state index contributed by atoms with van der Waals surface area (Å²) in [6.07, 6.45) is 2.22. The maximum Gasteiger partial charge on any atom is 1.00 e. The van der Waals surface area contributed by atoms with Crippen LogP contribution in [-0.4, -0.2) is 27.9 Å². The van der Waals surface area contributed by atoms with Gasteiger partial charge in [-0.25, -0.2) is 0 Å². The molecule has 102 valence electrons. The summed E-state index contributed by atoms with van der Waals surface area (Å²) in [4.78, 5) is 24.5. The minimum absolute atomic E-state index is 0. The van der Waals surface area contributed by atoms with E-state index in [0.29, 0.717) is 6.42 Å². The molecule has 1 saturated heterocycles. The summed E-state index contributed by atoms with van der Waals surface area (Å²) in [5, 5.41) is 6.29. The second kappa shape index (κ2) is 8.62. The van der Waals surface area contributed by atoms with Crippen LogP contribution >= 0.6 is 24.0 Å². The fourth-order valence-corrected chi connectivity index (χ4v) is 3.92. The number of thiocarbonyl (C=S) groups is 1. The average Bonchev–Trinajstić information content (AvgIpc) is 2.29. The molecule has 1 aliphatic rings. The van der Waals surface area contributed by atoms with Crippen molar-refractivity contribution in [3.63, 3.8) is 0 Å². The maximum absolute atomic E-state index is 12.3. The zero-order chi connectivity index (χ0) is 13.8. The largest absolute Gasteiger partial charge is 1.00 e. The molecule has 0 aliphatic carbocycles. The molecule has 2 unspecified atom stereocenters. The molecule has 1 N–H and O–H groups in total. The number of hydrogen-bond donors (Lipinski definition) is 1. The standard InChI is InChI=1S/C12H20N2O2S2.Na/c1-4-7-8(18-6-3)12(5-2)9(15)13-11(17)14-10(12)16;/h8H,4-7H2,1-3H3,(H2,13,14,15,16,17);/q;+1/p-1. The van der Waals surface area contributed by atoms with E-state index in [4.69, 9.17) is 12.2 Å². The van der Waals surface area contributed by atoms with Crippen LogP contribution in [0.5, 0.6) is 0 Å². The van der Waals surface area contributed by atoms with Gasteiger partial charge in [-0.2, -0.15) is 11.8 Å². The van der Waals surface area contributed by atoms with Gasteiger partial charge in [-0.15, -0.1) is 0 Å². The van der Waals surface area contributed by atoms with Crippen molar-refractivity contribution in [1.82, 2.24) is 5.32 Å². The Labute approximate surface area is 146 Å². The van der Waals surface area contributed by atoms with Gasteiger partial charge in [-0.05, 0) is 18.6 Å². The van der Waals surface area contributed by atoms with E-state index in [0.717, 1.165) is 18.6 Å². The van der Waals surface area contributed by atoms with Crippen molar-refractivity contribution >= 4 is 40.9 Å². The van der Waals surface area contributed by atoms with Crippen molar-refractivity contribution in [2.75, 3.05) is 5.75 Å². The third-order valence-electron chi connectivity index (χ3n) is 3.24. The van der Waals surface area contributed by atoms with Crippen LogP contribution in [0.15, 0.2) is 0 Å². The molecule has 19 heavy (non-hydrogen) atoms. The zero-order valence-corrected chi connectivity index (χ0v) is 15.6. The summed E-state index contributed by atoms with van der Waals surface area (Å²) >= 11 is 6.45. The Balaban J connectivity index is 0.00000324. The van der Waals surface area contributed by atoms with Gasteiger partial charge in [0.25, 0.3) is 0 Å². The molecule has 7 heteroatoms. The Kier molecular flexibility index (Phi) is 8.79. The summed E-state index contributed by atoms with van der Waals surface area (Å²) in [6, 6.07) is 0. The van der Waals surface area contributed by atoms with E-state index in [-0.39, 0.29) is 51.7 Å². The van der Waals surface area contributed by atoms with Gasteiger partial charge in [0.2, 0.25) is 0 Å². The first-order valence-electron chi connectivity index (χ1n) is 6.26. The fraction of sp³-hybridized carbons (Fsp3) is 0.750. The van der Waals surface area contributed by atoms with Crippen LogP contribution in [0.25, 0.3) is 5.32 Å². The van der Waals surface area contributed by atoms with E-state index in [2.05, 4.69) is 17.6 Å². The van der Waals surface area contributed by atoms with Crippen LogP contribution < -0.4 is 34.9 Å². The van der Waals surface area contributed by atoms with Crippen LogP contribution in [0.4, 0.5) is 0 Å². The minimum Gasteiger partial charge on any atom is -0.418 e. The van der Waals surface area contributed by atoms with Crippen LogP contribution in [0.2, 0.25) is 0 Å². The third-order valence-corrected chi connectivity index (χ3v) is 4.80. The normalized spacial score (nSPS) is 24.3. The summed E-state index contributed by atoms with van der Waals surface area (Å²) in [6.45, 7) is 5.95. The van der Waals surface area contributed by atoms with E-state index >= 15 is 0 Å². The Bertz CT molecular complexity index is 338. The van der Waals surface area contributed by atoms with Gasteiger partial charge in [-0.3, -0.25) is 9.59 Å². The molecule has 0 spiro atoms. The first-order chi connectivity index (χ1) is 8.52. The van der Waals surface area contributed by atoms with Crippen LogP contribution in [0, 0.1) is 5.41 Å². The SMILES string of the molecule is CCCC(SCC)C1(CC)C(=O)[N-]C(=S)NC1=O.[Na+]. The van der Waals surface area contributed by atoms with Crippen LogP contribution in [0.1, 0.15) is 40.0 Å². The van der Waals surface area contributed by atoms with Crippen molar-refractivity contribution in [3.8, 4) is 0 Å². The molecule has 0 radical (unpaired) electrons. The summed E-state index contributed by atoms with van der Waals surface area (Å²) < 4.78 is 0. The molecule has 2 amide bonds. The number of hydrogen-bond acceptors (Lipinski definition) is 4. The van der Waals surface area contributed by atoms with Gasteiger partial charge in [0.1, 0.15) is 5.41 Å². The minimum atomic E-state index is -1.04. The van der Waals surface area contributed by atoms with Gasteiger partial charge < -0.3 is 10.6 Å². The molecular weight excluding hydrogens is 291 g/mol. The fourth-order valence-electron chi connectivity index (χ4n) is 2.28.